The number of carbonyl (C=O) groups is 1. The summed E-state index contributed by atoms with van der Waals surface area (Å²) in [6.07, 6.45) is -0.221. The molecule has 3 N–H and O–H groups in total. The molecule has 2 heterocycles. The summed E-state index contributed by atoms with van der Waals surface area (Å²) in [5.74, 6) is -0.887. The average Bonchev–Trinajstić information content (AvgIpc) is 2.57. The van der Waals surface area contributed by atoms with Gasteiger partial charge in [-0.05, 0) is 12.5 Å². The van der Waals surface area contributed by atoms with Gasteiger partial charge in [0.15, 0.2) is 0 Å². The molecule has 6 nitrogen and oxygen atoms in total. The number of nitrogens with one attached hydrogen (secondary N) is 2. The fourth-order valence-corrected chi connectivity index (χ4v) is 2.55. The molecule has 0 bridgehead atoms. The number of nitrogens with zero attached hydrogens (tertiary/aromatic N) is 2. The van der Waals surface area contributed by atoms with Gasteiger partial charge in [-0.2, -0.15) is 13.2 Å². The zero-order valence-corrected chi connectivity index (χ0v) is 15.8. The van der Waals surface area contributed by atoms with E-state index in [0.717, 1.165) is 12.3 Å². The van der Waals surface area contributed by atoms with Crippen molar-refractivity contribution >= 4 is 17.8 Å². The average molecular weight is 390 g/mol. The Morgan fingerprint density at radius 2 is 2.15 bits per heavy atom. The van der Waals surface area contributed by atoms with Crippen molar-refractivity contribution in [1.82, 2.24) is 10.4 Å². The Hall–Kier alpha value is -2.00. The van der Waals surface area contributed by atoms with Crippen LogP contribution >= 0.6 is 0 Å². The first-order chi connectivity index (χ1) is 12.4. The van der Waals surface area contributed by atoms with Crippen molar-refractivity contribution < 1.29 is 24.6 Å². The largest absolute Gasteiger partial charge is 0.417 e. The third-order valence-electron chi connectivity index (χ3n) is 4.34. The van der Waals surface area contributed by atoms with Crippen LogP contribution in [0.15, 0.2) is 29.3 Å². The van der Waals surface area contributed by atoms with E-state index in [9.17, 15) is 18.0 Å². The number of hydrogen-bond donors (Lipinski definition) is 3. The molecular formula is C18H29F3N4O2. The fourth-order valence-electron chi connectivity index (χ4n) is 2.55. The van der Waals surface area contributed by atoms with Crippen molar-refractivity contribution in [3.63, 3.8) is 0 Å². The van der Waals surface area contributed by atoms with Crippen LogP contribution in [0.4, 0.5) is 13.2 Å². The van der Waals surface area contributed by atoms with E-state index in [4.69, 9.17) is 10.6 Å². The van der Waals surface area contributed by atoms with E-state index >= 15 is 0 Å². The van der Waals surface area contributed by atoms with Gasteiger partial charge in [-0.25, -0.2) is 5.48 Å². The minimum atomic E-state index is -4.39. The van der Waals surface area contributed by atoms with Gasteiger partial charge in [0.25, 0.3) is 5.91 Å². The standard InChI is InChI=1S/C11H14F3N3O2.C7H13N.H2/c12-11(13,14)8-3-7(4-15-5-8)6-17-2-1-9(17)10(18)16-19;1-5-6(8)7(2,3)4;/h3,5,7,9,19H,1-2,4,6H2,(H,16,18);5,8H,1H2,2-4H3;1H/t7?,9-;;/m0../s1. The second kappa shape index (κ2) is 9.27. The number of alkyl halides is 3. The van der Waals surface area contributed by atoms with Crippen molar-refractivity contribution in [3.05, 3.63) is 24.3 Å². The van der Waals surface area contributed by atoms with Gasteiger partial charge >= 0.3 is 6.18 Å². The predicted octanol–water partition coefficient (Wildman–Crippen LogP) is 3.24. The number of amides is 1. The summed E-state index contributed by atoms with van der Waals surface area (Å²) in [7, 11) is 0. The van der Waals surface area contributed by atoms with E-state index in [1.807, 2.05) is 20.8 Å². The molecule has 9 heteroatoms. The van der Waals surface area contributed by atoms with Crippen LogP contribution < -0.4 is 5.48 Å². The topological polar surface area (TPSA) is 88.8 Å². The van der Waals surface area contributed by atoms with Gasteiger partial charge in [0.2, 0.25) is 0 Å². The number of halogens is 3. The van der Waals surface area contributed by atoms with Crippen molar-refractivity contribution in [2.75, 3.05) is 19.6 Å². The summed E-state index contributed by atoms with van der Waals surface area (Å²) < 4.78 is 37.6. The monoisotopic (exact) mass is 390 g/mol. The number of hydroxylamine groups is 1. The fraction of sp³-hybridized carbons (Fsp3) is 0.611. The predicted molar refractivity (Wildman–Crippen MR) is 100 cm³/mol. The summed E-state index contributed by atoms with van der Waals surface area (Å²) >= 11 is 0. The quantitative estimate of drug-likeness (QED) is 0.391. The molecule has 0 aromatic heterocycles. The molecule has 1 unspecified atom stereocenters. The summed E-state index contributed by atoms with van der Waals surface area (Å²) in [5, 5.41) is 15.8. The van der Waals surface area contributed by atoms with Gasteiger partial charge in [0, 0.05) is 44.3 Å². The molecule has 0 radical (unpaired) electrons. The molecule has 1 fully saturated rings. The van der Waals surface area contributed by atoms with Gasteiger partial charge in [0.05, 0.1) is 11.6 Å². The molecule has 1 saturated heterocycles. The lowest BCUT2D eigenvalue weighted by molar-refractivity contribution is -0.139. The highest BCUT2D eigenvalue weighted by Gasteiger charge is 2.37. The van der Waals surface area contributed by atoms with Crippen LogP contribution in [0, 0.1) is 16.7 Å². The second-order valence-electron chi connectivity index (χ2n) is 7.52. The number of hydrogen-bond acceptors (Lipinski definition) is 5. The molecular weight excluding hydrogens is 361 g/mol. The number of aliphatic imine (C=N–C) groups is 1. The molecule has 154 valence electrons. The lowest BCUT2D eigenvalue weighted by Gasteiger charge is -2.40. The Morgan fingerprint density at radius 1 is 1.52 bits per heavy atom. The molecule has 2 aliphatic rings. The molecule has 1 amide bonds. The number of carbonyl (C=O) groups excluding carboxylic acids is 1. The summed E-state index contributed by atoms with van der Waals surface area (Å²) in [5.41, 5.74) is 1.39. The van der Waals surface area contributed by atoms with Gasteiger partial charge in [0.1, 0.15) is 0 Å². The van der Waals surface area contributed by atoms with Crippen LogP contribution in [-0.4, -0.2) is 59.8 Å². The maximum Gasteiger partial charge on any atom is 0.417 e. The van der Waals surface area contributed by atoms with Crippen LogP contribution in [-0.2, 0) is 4.79 Å². The second-order valence-corrected chi connectivity index (χ2v) is 7.52. The first kappa shape index (κ1) is 23.0. The smallest absolute Gasteiger partial charge is 0.305 e. The Bertz CT molecular complexity index is 627. The SMILES string of the molecule is C=CC(=N)C(C)(C)C.O=C(NO)[C@@H]1CCN1CC1C=C(C(F)(F)F)C=NC1.[HH]. The first-order valence-electron chi connectivity index (χ1n) is 8.58. The maximum atomic E-state index is 12.5. The number of dihydropyridines is 1. The summed E-state index contributed by atoms with van der Waals surface area (Å²) in [4.78, 5) is 16.7. The van der Waals surface area contributed by atoms with E-state index in [1.165, 1.54) is 0 Å². The third-order valence-corrected chi connectivity index (χ3v) is 4.34. The Labute approximate surface area is 158 Å². The molecule has 2 atom stereocenters. The zero-order valence-electron chi connectivity index (χ0n) is 15.8. The van der Waals surface area contributed by atoms with E-state index in [2.05, 4.69) is 11.6 Å². The molecule has 0 aromatic rings. The third kappa shape index (κ3) is 6.91. The van der Waals surface area contributed by atoms with Crippen molar-refractivity contribution in [3.8, 4) is 0 Å². The van der Waals surface area contributed by atoms with E-state index in [-0.39, 0.29) is 19.3 Å². The Morgan fingerprint density at radius 3 is 2.52 bits per heavy atom. The normalized spacial score (nSPS) is 22.7. The maximum absolute atomic E-state index is 12.5. The molecule has 2 aliphatic heterocycles. The molecule has 0 aliphatic carbocycles. The van der Waals surface area contributed by atoms with E-state index < -0.39 is 23.7 Å². The molecule has 0 spiro atoms. The first-order valence-corrected chi connectivity index (χ1v) is 8.58. The Kier molecular flexibility index (Phi) is 7.91. The van der Waals surface area contributed by atoms with Gasteiger partial charge in [-0.3, -0.25) is 19.9 Å². The zero-order chi connectivity index (χ0) is 20.8. The molecule has 0 aromatic carbocycles. The highest BCUT2D eigenvalue weighted by molar-refractivity contribution is 5.95. The highest BCUT2D eigenvalue weighted by Crippen LogP contribution is 2.28. The lowest BCUT2D eigenvalue weighted by Crippen LogP contribution is -2.57. The molecule has 0 saturated carbocycles. The van der Waals surface area contributed by atoms with Crippen LogP contribution in [0.2, 0.25) is 0 Å². The van der Waals surface area contributed by atoms with E-state index in [0.29, 0.717) is 25.2 Å². The van der Waals surface area contributed by atoms with Crippen LogP contribution in [0.3, 0.4) is 0 Å². The van der Waals surface area contributed by atoms with Gasteiger partial charge < -0.3 is 5.41 Å². The van der Waals surface area contributed by atoms with Gasteiger partial charge in [-0.1, -0.05) is 33.4 Å². The van der Waals surface area contributed by atoms with Gasteiger partial charge in [-0.15, -0.1) is 0 Å². The number of likely N-dealkylation sites (tertiary alicyclic amines) is 1. The van der Waals surface area contributed by atoms with Crippen molar-refractivity contribution in [1.29, 1.82) is 5.41 Å². The van der Waals surface area contributed by atoms with Crippen LogP contribution in [0.5, 0.6) is 0 Å². The summed E-state index contributed by atoms with van der Waals surface area (Å²) in [6.45, 7) is 10.7. The van der Waals surface area contributed by atoms with Crippen LogP contribution in [0.25, 0.3) is 0 Å². The van der Waals surface area contributed by atoms with Crippen molar-refractivity contribution in [2.24, 2.45) is 16.3 Å². The van der Waals surface area contributed by atoms with Crippen LogP contribution in [0.1, 0.15) is 28.6 Å². The number of allylic oxidation sites excluding steroid dienone is 2. The minimum Gasteiger partial charge on any atom is -0.305 e. The minimum absolute atomic E-state index is 0. The Balaban J connectivity index is 0.000000694. The number of rotatable bonds is 4. The molecule has 27 heavy (non-hydrogen) atoms. The van der Waals surface area contributed by atoms with Crippen molar-refractivity contribution in [2.45, 2.75) is 39.4 Å². The lowest BCUT2D eigenvalue weighted by atomic mass is 9.90. The van der Waals surface area contributed by atoms with E-state index in [1.54, 1.807) is 16.5 Å². The summed E-state index contributed by atoms with van der Waals surface area (Å²) in [6, 6.07) is -0.460. The molecule has 2 rings (SSSR count). The highest BCUT2D eigenvalue weighted by atomic mass is 19.4.